The molecule has 5 nitrogen and oxygen atoms in total. The highest BCUT2D eigenvalue weighted by molar-refractivity contribution is 6.09. The van der Waals surface area contributed by atoms with Gasteiger partial charge in [0.1, 0.15) is 11.8 Å². The SMILES string of the molecule is CCC1=NN=C(c2ccccc2)[C@H](c2c[nH]c3ccccc23)N1O. The fraction of sp³-hybridized carbons (Fsp3) is 0.158. The van der Waals surface area contributed by atoms with Crippen molar-refractivity contribution >= 4 is 22.5 Å². The molecule has 3 aromatic rings. The first-order valence-corrected chi connectivity index (χ1v) is 8.03. The molecule has 1 aliphatic rings. The van der Waals surface area contributed by atoms with Crippen molar-refractivity contribution in [2.75, 3.05) is 0 Å². The van der Waals surface area contributed by atoms with Crippen molar-refractivity contribution in [3.63, 3.8) is 0 Å². The van der Waals surface area contributed by atoms with Crippen LogP contribution in [0.15, 0.2) is 71.0 Å². The highest BCUT2D eigenvalue weighted by atomic mass is 16.5. The second kappa shape index (κ2) is 5.94. The van der Waals surface area contributed by atoms with Gasteiger partial charge < -0.3 is 4.98 Å². The number of fused-ring (bicyclic) bond motifs is 1. The Kier molecular flexibility index (Phi) is 3.63. The van der Waals surface area contributed by atoms with Gasteiger partial charge in [0.15, 0.2) is 5.84 Å². The number of hydrogen-bond acceptors (Lipinski definition) is 4. The van der Waals surface area contributed by atoms with Crippen LogP contribution >= 0.6 is 0 Å². The van der Waals surface area contributed by atoms with Gasteiger partial charge in [-0.15, -0.1) is 5.10 Å². The Morgan fingerprint density at radius 1 is 1.04 bits per heavy atom. The smallest absolute Gasteiger partial charge is 0.152 e. The molecule has 0 aliphatic carbocycles. The summed E-state index contributed by atoms with van der Waals surface area (Å²) in [7, 11) is 0. The minimum atomic E-state index is -0.393. The van der Waals surface area contributed by atoms with Crippen LogP contribution in [-0.2, 0) is 0 Å². The lowest BCUT2D eigenvalue weighted by atomic mass is 9.95. The molecule has 0 saturated carbocycles. The predicted octanol–water partition coefficient (Wildman–Crippen LogP) is 4.13. The molecule has 5 heteroatoms. The average Bonchev–Trinajstić information content (AvgIpc) is 3.06. The van der Waals surface area contributed by atoms with E-state index in [9.17, 15) is 5.21 Å². The third-order valence-electron chi connectivity index (χ3n) is 4.34. The Hall–Kier alpha value is -2.92. The van der Waals surface area contributed by atoms with E-state index in [1.165, 1.54) is 5.06 Å². The Balaban J connectivity index is 1.90. The van der Waals surface area contributed by atoms with Crippen molar-refractivity contribution in [3.8, 4) is 0 Å². The van der Waals surface area contributed by atoms with Crippen molar-refractivity contribution in [1.82, 2.24) is 10.0 Å². The highest BCUT2D eigenvalue weighted by Crippen LogP contribution is 2.33. The van der Waals surface area contributed by atoms with E-state index in [0.29, 0.717) is 12.3 Å². The number of H-pyrrole nitrogens is 1. The van der Waals surface area contributed by atoms with Crippen LogP contribution in [0.25, 0.3) is 10.9 Å². The number of nitrogens with zero attached hydrogens (tertiary/aromatic N) is 3. The second-order valence-corrected chi connectivity index (χ2v) is 5.76. The molecule has 120 valence electrons. The first-order chi connectivity index (χ1) is 11.8. The number of hydrogen-bond donors (Lipinski definition) is 2. The average molecular weight is 318 g/mol. The summed E-state index contributed by atoms with van der Waals surface area (Å²) in [5.74, 6) is 0.560. The van der Waals surface area contributed by atoms with E-state index in [4.69, 9.17) is 0 Å². The van der Waals surface area contributed by atoms with Crippen molar-refractivity contribution in [1.29, 1.82) is 0 Å². The quantitative estimate of drug-likeness (QED) is 0.762. The maximum absolute atomic E-state index is 10.8. The Morgan fingerprint density at radius 2 is 1.79 bits per heavy atom. The molecular weight excluding hydrogens is 300 g/mol. The van der Waals surface area contributed by atoms with Gasteiger partial charge in [-0.25, -0.2) is 5.06 Å². The molecule has 0 radical (unpaired) electrons. The highest BCUT2D eigenvalue weighted by Gasteiger charge is 2.32. The van der Waals surface area contributed by atoms with Crippen LogP contribution < -0.4 is 0 Å². The summed E-state index contributed by atoms with van der Waals surface area (Å²) in [6.45, 7) is 1.96. The number of amidine groups is 1. The maximum atomic E-state index is 10.8. The van der Waals surface area contributed by atoms with E-state index < -0.39 is 6.04 Å². The van der Waals surface area contributed by atoms with Gasteiger partial charge in [-0.1, -0.05) is 55.5 Å². The minimum absolute atomic E-state index is 0.393. The molecule has 0 unspecified atom stereocenters. The Morgan fingerprint density at radius 3 is 2.58 bits per heavy atom. The lowest BCUT2D eigenvalue weighted by molar-refractivity contribution is -0.0371. The summed E-state index contributed by atoms with van der Waals surface area (Å²) < 4.78 is 0. The molecule has 0 spiro atoms. The van der Waals surface area contributed by atoms with Crippen LogP contribution in [0.2, 0.25) is 0 Å². The molecule has 0 fully saturated rings. The molecule has 1 aromatic heterocycles. The van der Waals surface area contributed by atoms with Gasteiger partial charge in [-0.2, -0.15) is 5.10 Å². The Labute approximate surface area is 139 Å². The Bertz CT molecular complexity index is 927. The lowest BCUT2D eigenvalue weighted by Crippen LogP contribution is -2.38. The largest absolute Gasteiger partial charge is 0.361 e. The molecule has 4 rings (SSSR count). The van der Waals surface area contributed by atoms with Gasteiger partial charge >= 0.3 is 0 Å². The van der Waals surface area contributed by atoms with Gasteiger partial charge in [0.25, 0.3) is 0 Å². The third kappa shape index (κ3) is 2.30. The van der Waals surface area contributed by atoms with E-state index in [1.807, 2.05) is 61.7 Å². The summed E-state index contributed by atoms with van der Waals surface area (Å²) >= 11 is 0. The van der Waals surface area contributed by atoms with E-state index >= 15 is 0 Å². The molecule has 1 atom stereocenters. The fourth-order valence-corrected chi connectivity index (χ4v) is 3.13. The molecular formula is C19H18N4O. The molecule has 0 bridgehead atoms. The van der Waals surface area contributed by atoms with E-state index in [0.717, 1.165) is 27.7 Å². The molecule has 0 saturated heterocycles. The topological polar surface area (TPSA) is 64.0 Å². The van der Waals surface area contributed by atoms with Crippen LogP contribution in [0.3, 0.4) is 0 Å². The number of para-hydroxylation sites is 1. The number of aromatic amines is 1. The number of nitrogens with one attached hydrogen (secondary N) is 1. The number of rotatable bonds is 3. The van der Waals surface area contributed by atoms with Gasteiger partial charge in [-0.3, -0.25) is 5.21 Å². The predicted molar refractivity (Wildman–Crippen MR) is 95.4 cm³/mol. The molecule has 2 heterocycles. The van der Waals surface area contributed by atoms with Gasteiger partial charge in [0.2, 0.25) is 0 Å². The standard InChI is InChI=1S/C19H18N4O/c1-2-17-21-22-18(13-8-4-3-5-9-13)19(23(17)24)15-12-20-16-11-7-6-10-14(15)16/h3-12,19-20,24H,2H2,1H3/t19-/m0/s1. The third-order valence-corrected chi connectivity index (χ3v) is 4.34. The summed E-state index contributed by atoms with van der Waals surface area (Å²) in [5, 5.41) is 21.7. The van der Waals surface area contributed by atoms with Crippen molar-refractivity contribution < 1.29 is 5.21 Å². The fourth-order valence-electron chi connectivity index (χ4n) is 3.13. The molecule has 1 aliphatic heterocycles. The van der Waals surface area contributed by atoms with Crippen LogP contribution in [0, 0.1) is 0 Å². The van der Waals surface area contributed by atoms with Crippen LogP contribution in [0.4, 0.5) is 0 Å². The molecule has 2 N–H and O–H groups in total. The zero-order chi connectivity index (χ0) is 16.5. The maximum Gasteiger partial charge on any atom is 0.152 e. The van der Waals surface area contributed by atoms with Gasteiger partial charge in [0, 0.05) is 34.6 Å². The van der Waals surface area contributed by atoms with Crippen molar-refractivity contribution in [2.24, 2.45) is 10.2 Å². The summed E-state index contributed by atoms with van der Waals surface area (Å²) in [5.41, 5.74) is 3.70. The summed E-state index contributed by atoms with van der Waals surface area (Å²) in [6.07, 6.45) is 2.55. The zero-order valence-corrected chi connectivity index (χ0v) is 13.3. The first kappa shape index (κ1) is 14.7. The van der Waals surface area contributed by atoms with Gasteiger partial charge in [-0.05, 0) is 6.07 Å². The monoisotopic (exact) mass is 318 g/mol. The summed E-state index contributed by atoms with van der Waals surface area (Å²) in [4.78, 5) is 3.28. The minimum Gasteiger partial charge on any atom is -0.361 e. The normalized spacial score (nSPS) is 17.8. The van der Waals surface area contributed by atoms with Crippen molar-refractivity contribution in [3.05, 3.63) is 71.9 Å². The lowest BCUT2D eigenvalue weighted by Gasteiger charge is -2.31. The van der Waals surface area contributed by atoms with E-state index in [-0.39, 0.29) is 0 Å². The zero-order valence-electron chi connectivity index (χ0n) is 13.3. The van der Waals surface area contributed by atoms with Crippen LogP contribution in [0.1, 0.15) is 30.5 Å². The van der Waals surface area contributed by atoms with E-state index in [1.54, 1.807) is 0 Å². The van der Waals surface area contributed by atoms with Crippen LogP contribution in [-0.4, -0.2) is 26.8 Å². The number of hydroxylamine groups is 2. The first-order valence-electron chi connectivity index (χ1n) is 8.03. The molecule has 2 aromatic carbocycles. The number of benzene rings is 2. The number of aromatic nitrogens is 1. The molecule has 0 amide bonds. The van der Waals surface area contributed by atoms with Crippen LogP contribution in [0.5, 0.6) is 0 Å². The van der Waals surface area contributed by atoms with Gasteiger partial charge in [0.05, 0.1) is 0 Å². The second-order valence-electron chi connectivity index (χ2n) is 5.76. The summed E-state index contributed by atoms with van der Waals surface area (Å²) in [6, 6.07) is 17.5. The molecule has 24 heavy (non-hydrogen) atoms. The van der Waals surface area contributed by atoms with E-state index in [2.05, 4.69) is 21.3 Å². The van der Waals surface area contributed by atoms with Crippen molar-refractivity contribution in [2.45, 2.75) is 19.4 Å².